The molecule has 0 radical (unpaired) electrons. The first kappa shape index (κ1) is 26.9. The van der Waals surface area contributed by atoms with Crippen LogP contribution in [0.5, 0.6) is 5.75 Å². The van der Waals surface area contributed by atoms with Gasteiger partial charge in [-0.05, 0) is 55.8 Å². The van der Waals surface area contributed by atoms with E-state index in [0.717, 1.165) is 21.2 Å². The number of nitrogens with zero attached hydrogens (tertiary/aromatic N) is 1. The van der Waals surface area contributed by atoms with Crippen LogP contribution in [0.25, 0.3) is 0 Å². The van der Waals surface area contributed by atoms with Gasteiger partial charge in [0.15, 0.2) is 0 Å². The van der Waals surface area contributed by atoms with Crippen LogP contribution in [0.3, 0.4) is 0 Å². The van der Waals surface area contributed by atoms with E-state index in [-0.39, 0.29) is 17.3 Å². The minimum Gasteiger partial charge on any atom is -0.492 e. The Morgan fingerprint density at radius 3 is 2.40 bits per heavy atom. The summed E-state index contributed by atoms with van der Waals surface area (Å²) in [6.07, 6.45) is 0. The number of benzene rings is 3. The van der Waals surface area contributed by atoms with Crippen LogP contribution in [0, 0.1) is 6.92 Å². The smallest absolute Gasteiger partial charge is 0.264 e. The number of carbonyl (C=O) groups excluding carboxylic acids is 1. The molecule has 0 fully saturated rings. The number of thioether (sulfide) groups is 1. The number of anilines is 1. The predicted octanol–water partition coefficient (Wildman–Crippen LogP) is 5.29. The van der Waals surface area contributed by atoms with Gasteiger partial charge in [-0.1, -0.05) is 53.6 Å². The maximum atomic E-state index is 13.6. The second-order valence-electron chi connectivity index (χ2n) is 7.75. The lowest BCUT2D eigenvalue weighted by Gasteiger charge is -2.26. The van der Waals surface area contributed by atoms with E-state index in [4.69, 9.17) is 16.3 Å². The molecule has 0 spiro atoms. The maximum Gasteiger partial charge on any atom is 0.264 e. The molecule has 0 unspecified atom stereocenters. The third-order valence-corrected chi connectivity index (χ3v) is 8.14. The Bertz CT molecular complexity index is 1220. The number of halogens is 1. The second kappa shape index (κ2) is 12.9. The Hall–Kier alpha value is -2.68. The molecule has 0 saturated carbocycles. The van der Waals surface area contributed by atoms with Crippen LogP contribution in [0.4, 0.5) is 5.69 Å². The largest absolute Gasteiger partial charge is 0.492 e. The van der Waals surface area contributed by atoms with Gasteiger partial charge in [0.25, 0.3) is 10.0 Å². The zero-order valence-electron chi connectivity index (χ0n) is 19.7. The molecular weight excluding hydrogens is 504 g/mol. The molecule has 3 rings (SSSR count). The van der Waals surface area contributed by atoms with Crippen molar-refractivity contribution < 1.29 is 17.9 Å². The van der Waals surface area contributed by atoms with E-state index in [9.17, 15) is 13.2 Å². The summed E-state index contributed by atoms with van der Waals surface area (Å²) in [5.74, 6) is 1.49. The SMILES string of the molecule is CCOc1ccccc1N(CC(=O)NCCSCc1ccc(Cl)cc1)S(=O)(=O)c1ccc(C)cc1. The van der Waals surface area contributed by atoms with E-state index in [2.05, 4.69) is 5.32 Å². The summed E-state index contributed by atoms with van der Waals surface area (Å²) in [7, 11) is -4.01. The molecule has 0 heterocycles. The van der Waals surface area contributed by atoms with Crippen molar-refractivity contribution in [1.82, 2.24) is 5.32 Å². The molecule has 0 aliphatic carbocycles. The van der Waals surface area contributed by atoms with E-state index in [0.29, 0.717) is 35.4 Å². The van der Waals surface area contributed by atoms with Crippen LogP contribution in [0.1, 0.15) is 18.1 Å². The number of amides is 1. The van der Waals surface area contributed by atoms with E-state index in [1.807, 2.05) is 38.1 Å². The quantitative estimate of drug-likeness (QED) is 0.321. The van der Waals surface area contributed by atoms with E-state index in [1.165, 1.54) is 0 Å². The number of carbonyl (C=O) groups is 1. The number of ether oxygens (including phenoxy) is 1. The zero-order valence-corrected chi connectivity index (χ0v) is 22.1. The van der Waals surface area contributed by atoms with Crippen LogP contribution in [0.2, 0.25) is 5.02 Å². The van der Waals surface area contributed by atoms with Crippen LogP contribution in [-0.2, 0) is 20.6 Å². The third-order valence-electron chi connectivity index (χ3n) is 5.08. The van der Waals surface area contributed by atoms with Gasteiger partial charge in [-0.25, -0.2) is 8.42 Å². The number of rotatable bonds is 12. The lowest BCUT2D eigenvalue weighted by Crippen LogP contribution is -2.41. The summed E-state index contributed by atoms with van der Waals surface area (Å²) < 4.78 is 33.9. The number of para-hydroxylation sites is 2. The summed E-state index contributed by atoms with van der Waals surface area (Å²) in [4.78, 5) is 12.9. The molecule has 0 aliphatic rings. The average Bonchev–Trinajstić information content (AvgIpc) is 2.84. The number of nitrogens with one attached hydrogen (secondary N) is 1. The fourth-order valence-electron chi connectivity index (χ4n) is 3.30. The predicted molar refractivity (Wildman–Crippen MR) is 144 cm³/mol. The van der Waals surface area contributed by atoms with Crippen LogP contribution >= 0.6 is 23.4 Å². The first-order valence-corrected chi connectivity index (χ1v) is 14.2. The molecule has 0 bridgehead atoms. The molecule has 0 atom stereocenters. The van der Waals surface area contributed by atoms with Crippen molar-refractivity contribution in [2.45, 2.75) is 24.5 Å². The van der Waals surface area contributed by atoms with Gasteiger partial charge in [-0.15, -0.1) is 0 Å². The fourth-order valence-corrected chi connectivity index (χ4v) is 5.67. The Morgan fingerprint density at radius 2 is 1.71 bits per heavy atom. The van der Waals surface area contributed by atoms with Gasteiger partial charge in [-0.2, -0.15) is 11.8 Å². The standard InChI is InChI=1S/C26H29ClN2O4S2/c1-3-33-25-7-5-4-6-24(25)29(35(31,32)23-14-8-20(2)9-15-23)18-26(30)28-16-17-34-19-21-10-12-22(27)13-11-21/h4-15H,3,16-19H2,1-2H3,(H,28,30). The van der Waals surface area contributed by atoms with E-state index in [1.54, 1.807) is 60.3 Å². The van der Waals surface area contributed by atoms with Crippen molar-refractivity contribution >= 4 is 45.0 Å². The Labute approximate surface area is 216 Å². The minimum absolute atomic E-state index is 0.112. The molecule has 0 aromatic heterocycles. The Kier molecular flexibility index (Phi) is 9.89. The molecule has 6 nitrogen and oxygen atoms in total. The first-order chi connectivity index (χ1) is 16.8. The highest BCUT2D eigenvalue weighted by molar-refractivity contribution is 7.98. The van der Waals surface area contributed by atoms with Gasteiger partial charge < -0.3 is 10.1 Å². The number of aryl methyl sites for hydroxylation is 1. The Morgan fingerprint density at radius 1 is 1.03 bits per heavy atom. The van der Waals surface area contributed by atoms with Crippen LogP contribution in [0.15, 0.2) is 77.7 Å². The summed E-state index contributed by atoms with van der Waals surface area (Å²) in [5.41, 5.74) is 2.41. The van der Waals surface area contributed by atoms with Crippen LogP contribution < -0.4 is 14.4 Å². The Balaban J connectivity index is 1.70. The first-order valence-electron chi connectivity index (χ1n) is 11.2. The highest BCUT2D eigenvalue weighted by atomic mass is 35.5. The summed E-state index contributed by atoms with van der Waals surface area (Å²) in [5, 5.41) is 3.53. The molecule has 9 heteroatoms. The monoisotopic (exact) mass is 532 g/mol. The summed E-state index contributed by atoms with van der Waals surface area (Å²) in [6, 6.07) is 21.0. The zero-order chi connectivity index (χ0) is 25.3. The molecule has 3 aromatic carbocycles. The number of hydrogen-bond donors (Lipinski definition) is 1. The van der Waals surface area contributed by atoms with Crippen LogP contribution in [-0.4, -0.2) is 39.8 Å². The normalized spacial score (nSPS) is 11.2. The van der Waals surface area contributed by atoms with E-state index >= 15 is 0 Å². The third kappa shape index (κ3) is 7.65. The molecule has 35 heavy (non-hydrogen) atoms. The highest BCUT2D eigenvalue weighted by Gasteiger charge is 2.29. The average molecular weight is 533 g/mol. The fraction of sp³-hybridized carbons (Fsp3) is 0.269. The van der Waals surface area contributed by atoms with Gasteiger partial charge in [-0.3, -0.25) is 9.10 Å². The van der Waals surface area contributed by atoms with Crippen molar-refractivity contribution in [2.24, 2.45) is 0 Å². The van der Waals surface area contributed by atoms with Crippen molar-refractivity contribution in [3.05, 3.63) is 88.9 Å². The highest BCUT2D eigenvalue weighted by Crippen LogP contribution is 2.32. The number of hydrogen-bond acceptors (Lipinski definition) is 5. The second-order valence-corrected chi connectivity index (χ2v) is 11.2. The van der Waals surface area contributed by atoms with Crippen molar-refractivity contribution in [3.8, 4) is 5.75 Å². The molecule has 1 N–H and O–H groups in total. The minimum atomic E-state index is -4.01. The van der Waals surface area contributed by atoms with Gasteiger partial charge >= 0.3 is 0 Å². The molecular formula is C26H29ClN2O4S2. The topological polar surface area (TPSA) is 75.7 Å². The van der Waals surface area contributed by atoms with Gasteiger partial charge in [0.2, 0.25) is 5.91 Å². The lowest BCUT2D eigenvalue weighted by molar-refractivity contribution is -0.119. The molecule has 0 aliphatic heterocycles. The lowest BCUT2D eigenvalue weighted by atomic mass is 10.2. The summed E-state index contributed by atoms with van der Waals surface area (Å²) in [6.45, 7) is 4.14. The van der Waals surface area contributed by atoms with Gasteiger partial charge in [0.05, 0.1) is 17.2 Å². The molecule has 3 aromatic rings. The van der Waals surface area contributed by atoms with E-state index < -0.39 is 10.0 Å². The molecule has 186 valence electrons. The van der Waals surface area contributed by atoms with Crippen molar-refractivity contribution in [2.75, 3.05) is 29.8 Å². The van der Waals surface area contributed by atoms with Crippen molar-refractivity contribution in [3.63, 3.8) is 0 Å². The molecule has 0 saturated heterocycles. The summed E-state index contributed by atoms with van der Waals surface area (Å²) >= 11 is 7.58. The van der Waals surface area contributed by atoms with Crippen molar-refractivity contribution in [1.29, 1.82) is 0 Å². The number of sulfonamides is 1. The molecule has 1 amide bonds. The van der Waals surface area contributed by atoms with Gasteiger partial charge in [0, 0.05) is 23.1 Å². The van der Waals surface area contributed by atoms with Gasteiger partial charge in [0.1, 0.15) is 12.3 Å². The maximum absolute atomic E-state index is 13.6.